The van der Waals surface area contributed by atoms with Gasteiger partial charge in [-0.25, -0.2) is 0 Å². The zero-order valence-corrected chi connectivity index (χ0v) is 12.2. The summed E-state index contributed by atoms with van der Waals surface area (Å²) in [5, 5.41) is 6.50. The Bertz CT molecular complexity index is 292. The van der Waals surface area contributed by atoms with Crippen LogP contribution in [0.5, 0.6) is 0 Å². The molecule has 2 atom stereocenters. The van der Waals surface area contributed by atoms with Gasteiger partial charge in [0.05, 0.1) is 6.54 Å². The molecule has 0 aliphatic carbocycles. The first kappa shape index (κ1) is 14.8. The first-order valence-corrected chi connectivity index (χ1v) is 7.44. The van der Waals surface area contributed by atoms with Crippen LogP contribution in [-0.4, -0.2) is 62.8 Å². The maximum atomic E-state index is 11.9. The lowest BCUT2D eigenvalue weighted by Gasteiger charge is -2.35. The summed E-state index contributed by atoms with van der Waals surface area (Å²) in [5.41, 5.74) is 0. The lowest BCUT2D eigenvalue weighted by Crippen LogP contribution is -2.50. The van der Waals surface area contributed by atoms with E-state index in [1.54, 1.807) is 0 Å². The number of nitrogens with zero attached hydrogens (tertiary/aromatic N) is 1. The quantitative estimate of drug-likeness (QED) is 0.766. The molecule has 2 heterocycles. The summed E-state index contributed by atoms with van der Waals surface area (Å²) in [7, 11) is 2.16. The van der Waals surface area contributed by atoms with Crippen LogP contribution in [0.3, 0.4) is 0 Å². The van der Waals surface area contributed by atoms with E-state index in [0.29, 0.717) is 24.5 Å². The van der Waals surface area contributed by atoms with E-state index < -0.39 is 0 Å². The Hall–Kier alpha value is -0.650. The largest absolute Gasteiger partial charge is 0.381 e. The van der Waals surface area contributed by atoms with E-state index in [4.69, 9.17) is 4.74 Å². The number of hydrogen-bond donors (Lipinski definition) is 2. The molecule has 2 N–H and O–H groups in total. The Balaban J connectivity index is 1.65. The fourth-order valence-corrected chi connectivity index (χ4v) is 3.00. The monoisotopic (exact) mass is 269 g/mol. The van der Waals surface area contributed by atoms with Gasteiger partial charge in [-0.3, -0.25) is 4.79 Å². The van der Waals surface area contributed by atoms with Crippen molar-refractivity contribution in [2.24, 2.45) is 5.92 Å². The van der Waals surface area contributed by atoms with Gasteiger partial charge in [0.15, 0.2) is 0 Å². The van der Waals surface area contributed by atoms with Gasteiger partial charge in [0, 0.05) is 31.8 Å². The van der Waals surface area contributed by atoms with Crippen molar-refractivity contribution in [1.29, 1.82) is 0 Å². The third-order valence-corrected chi connectivity index (χ3v) is 4.22. The summed E-state index contributed by atoms with van der Waals surface area (Å²) in [4.78, 5) is 14.3. The Morgan fingerprint density at radius 3 is 2.74 bits per heavy atom. The SMILES string of the molecule is CC1CN(C)CCC1NCC(=O)NC1CCOCC1. The van der Waals surface area contributed by atoms with Gasteiger partial charge in [0.1, 0.15) is 0 Å². The van der Waals surface area contributed by atoms with Crippen molar-refractivity contribution < 1.29 is 9.53 Å². The highest BCUT2D eigenvalue weighted by Gasteiger charge is 2.24. The lowest BCUT2D eigenvalue weighted by atomic mass is 9.94. The molecule has 0 aromatic rings. The molecule has 0 spiro atoms. The van der Waals surface area contributed by atoms with Gasteiger partial charge in [-0.05, 0) is 38.8 Å². The molecule has 0 bridgehead atoms. The Kier molecular flexibility index (Phi) is 5.60. The van der Waals surface area contributed by atoms with Gasteiger partial charge in [0.2, 0.25) is 5.91 Å². The molecular formula is C14H27N3O2. The van der Waals surface area contributed by atoms with Gasteiger partial charge >= 0.3 is 0 Å². The molecule has 110 valence electrons. The molecule has 2 fully saturated rings. The fourth-order valence-electron chi connectivity index (χ4n) is 3.00. The van der Waals surface area contributed by atoms with Crippen LogP contribution in [0.15, 0.2) is 0 Å². The number of rotatable bonds is 4. The van der Waals surface area contributed by atoms with Crippen LogP contribution < -0.4 is 10.6 Å². The molecule has 0 aromatic carbocycles. The molecule has 2 aliphatic heterocycles. The van der Waals surface area contributed by atoms with Crippen molar-refractivity contribution in [3.8, 4) is 0 Å². The number of ether oxygens (including phenoxy) is 1. The molecule has 2 rings (SSSR count). The fraction of sp³-hybridized carbons (Fsp3) is 0.929. The van der Waals surface area contributed by atoms with Gasteiger partial charge < -0.3 is 20.3 Å². The number of nitrogens with one attached hydrogen (secondary N) is 2. The Labute approximate surface area is 116 Å². The van der Waals surface area contributed by atoms with E-state index >= 15 is 0 Å². The van der Waals surface area contributed by atoms with Gasteiger partial charge in [0.25, 0.3) is 0 Å². The molecule has 2 unspecified atom stereocenters. The van der Waals surface area contributed by atoms with Gasteiger partial charge in [-0.2, -0.15) is 0 Å². The predicted molar refractivity (Wildman–Crippen MR) is 75.1 cm³/mol. The van der Waals surface area contributed by atoms with E-state index in [1.165, 1.54) is 0 Å². The third kappa shape index (κ3) is 4.75. The van der Waals surface area contributed by atoms with E-state index in [1.807, 2.05) is 0 Å². The van der Waals surface area contributed by atoms with Crippen LogP contribution in [0, 0.1) is 5.92 Å². The Morgan fingerprint density at radius 1 is 1.32 bits per heavy atom. The van der Waals surface area contributed by atoms with E-state index in [9.17, 15) is 4.79 Å². The van der Waals surface area contributed by atoms with Crippen LogP contribution >= 0.6 is 0 Å². The molecule has 0 saturated carbocycles. The molecule has 19 heavy (non-hydrogen) atoms. The smallest absolute Gasteiger partial charge is 0.234 e. The summed E-state index contributed by atoms with van der Waals surface area (Å²) in [6.07, 6.45) is 3.01. The molecule has 2 saturated heterocycles. The van der Waals surface area contributed by atoms with Crippen molar-refractivity contribution in [1.82, 2.24) is 15.5 Å². The summed E-state index contributed by atoms with van der Waals surface area (Å²) in [6.45, 7) is 6.46. The lowest BCUT2D eigenvalue weighted by molar-refractivity contribution is -0.121. The standard InChI is InChI=1S/C14H27N3O2/c1-11-10-17(2)6-3-13(11)15-9-14(18)16-12-4-7-19-8-5-12/h11-13,15H,3-10H2,1-2H3,(H,16,18). The third-order valence-electron chi connectivity index (χ3n) is 4.22. The number of hydrogen-bond acceptors (Lipinski definition) is 4. The molecule has 0 radical (unpaired) electrons. The minimum absolute atomic E-state index is 0.123. The van der Waals surface area contributed by atoms with Crippen molar-refractivity contribution in [2.75, 3.05) is 39.9 Å². The number of carbonyl (C=O) groups excluding carboxylic acids is 1. The minimum atomic E-state index is 0.123. The first-order chi connectivity index (χ1) is 9.15. The maximum Gasteiger partial charge on any atom is 0.234 e. The summed E-state index contributed by atoms with van der Waals surface area (Å²) >= 11 is 0. The topological polar surface area (TPSA) is 53.6 Å². The van der Waals surface area contributed by atoms with Crippen molar-refractivity contribution >= 4 is 5.91 Å². The first-order valence-electron chi connectivity index (χ1n) is 7.44. The molecular weight excluding hydrogens is 242 g/mol. The zero-order valence-electron chi connectivity index (χ0n) is 12.2. The number of piperidine rings is 1. The normalized spacial score (nSPS) is 30.2. The van der Waals surface area contributed by atoms with E-state index in [-0.39, 0.29) is 5.91 Å². The summed E-state index contributed by atoms with van der Waals surface area (Å²) in [6, 6.07) is 0.773. The van der Waals surface area contributed by atoms with Crippen LogP contribution in [-0.2, 0) is 9.53 Å². The second-order valence-electron chi connectivity index (χ2n) is 5.97. The summed E-state index contributed by atoms with van der Waals surface area (Å²) < 4.78 is 5.29. The van der Waals surface area contributed by atoms with Crippen LogP contribution in [0.4, 0.5) is 0 Å². The predicted octanol–water partition coefficient (Wildman–Crippen LogP) is 0.211. The van der Waals surface area contributed by atoms with E-state index in [2.05, 4.69) is 29.5 Å². The van der Waals surface area contributed by atoms with Gasteiger partial charge in [-0.15, -0.1) is 0 Å². The average molecular weight is 269 g/mol. The average Bonchev–Trinajstić information content (AvgIpc) is 2.39. The number of likely N-dealkylation sites (tertiary alicyclic amines) is 1. The van der Waals surface area contributed by atoms with Crippen molar-refractivity contribution in [2.45, 2.75) is 38.3 Å². The molecule has 0 aromatic heterocycles. The van der Waals surface area contributed by atoms with Crippen molar-refractivity contribution in [3.05, 3.63) is 0 Å². The molecule has 1 amide bonds. The molecule has 5 nitrogen and oxygen atoms in total. The Morgan fingerprint density at radius 2 is 2.05 bits per heavy atom. The highest BCUT2D eigenvalue weighted by molar-refractivity contribution is 5.78. The van der Waals surface area contributed by atoms with Crippen molar-refractivity contribution in [3.63, 3.8) is 0 Å². The second kappa shape index (κ2) is 7.22. The highest BCUT2D eigenvalue weighted by atomic mass is 16.5. The van der Waals surface area contributed by atoms with Crippen LogP contribution in [0.25, 0.3) is 0 Å². The number of amides is 1. The van der Waals surface area contributed by atoms with E-state index in [0.717, 1.165) is 45.6 Å². The van der Waals surface area contributed by atoms with Gasteiger partial charge in [-0.1, -0.05) is 6.92 Å². The molecule has 5 heteroatoms. The second-order valence-corrected chi connectivity index (χ2v) is 5.97. The van der Waals surface area contributed by atoms with Crippen LogP contribution in [0.2, 0.25) is 0 Å². The number of carbonyl (C=O) groups is 1. The zero-order chi connectivity index (χ0) is 13.7. The minimum Gasteiger partial charge on any atom is -0.381 e. The molecule has 2 aliphatic rings. The maximum absolute atomic E-state index is 11.9. The van der Waals surface area contributed by atoms with Crippen LogP contribution in [0.1, 0.15) is 26.2 Å². The highest BCUT2D eigenvalue weighted by Crippen LogP contribution is 2.15. The summed E-state index contributed by atoms with van der Waals surface area (Å²) in [5.74, 6) is 0.729.